The Morgan fingerprint density at radius 3 is 2.93 bits per heavy atom. The van der Waals surface area contributed by atoms with Gasteiger partial charge in [0.05, 0.1) is 0 Å². The van der Waals surface area contributed by atoms with E-state index in [9.17, 15) is 0 Å². The maximum absolute atomic E-state index is 3.05. The Kier molecular flexibility index (Phi) is 2.51. The van der Waals surface area contributed by atoms with Crippen molar-refractivity contribution in [2.24, 2.45) is 0 Å². The maximum atomic E-state index is 3.05. The number of benzene rings is 1. The number of hydrogen-bond acceptors (Lipinski definition) is 0. The van der Waals surface area contributed by atoms with Gasteiger partial charge in [0, 0.05) is 6.42 Å². The van der Waals surface area contributed by atoms with Gasteiger partial charge in [-0.05, 0) is 35.8 Å². The molecule has 0 bridgehead atoms. The van der Waals surface area contributed by atoms with Gasteiger partial charge in [0.2, 0.25) is 0 Å². The van der Waals surface area contributed by atoms with E-state index in [-0.39, 0.29) is 0 Å². The van der Waals surface area contributed by atoms with Gasteiger partial charge in [0.15, 0.2) is 0 Å². The third-order valence-corrected chi connectivity index (χ3v) is 2.33. The summed E-state index contributed by atoms with van der Waals surface area (Å²) in [4.78, 5) is 0. The molecule has 1 aromatic rings. The van der Waals surface area contributed by atoms with Crippen molar-refractivity contribution < 1.29 is 0 Å². The molecule has 14 heavy (non-hydrogen) atoms. The van der Waals surface area contributed by atoms with Gasteiger partial charge in [-0.3, -0.25) is 0 Å². The first kappa shape index (κ1) is 8.84. The summed E-state index contributed by atoms with van der Waals surface area (Å²) in [5.41, 5.74) is 3.88. The number of rotatable bonds is 1. The van der Waals surface area contributed by atoms with Crippen LogP contribution in [0.5, 0.6) is 0 Å². The minimum Gasteiger partial charge on any atom is -0.0943 e. The van der Waals surface area contributed by atoms with Crippen LogP contribution in [-0.4, -0.2) is 0 Å². The molecule has 68 valence electrons. The molecule has 1 aliphatic rings. The zero-order chi connectivity index (χ0) is 9.80. The Morgan fingerprint density at radius 2 is 2.07 bits per heavy atom. The van der Waals surface area contributed by atoms with Crippen molar-refractivity contribution in [3.63, 3.8) is 0 Å². The highest BCUT2D eigenvalue weighted by Crippen LogP contribution is 2.20. The molecule has 0 heteroatoms. The lowest BCUT2D eigenvalue weighted by atomic mass is 10.00. The molecule has 0 saturated heterocycles. The fourth-order valence-corrected chi connectivity index (χ4v) is 1.57. The zero-order valence-electron chi connectivity index (χ0n) is 8.25. The molecule has 0 unspecified atom stereocenters. The molecule has 0 nitrogen and oxygen atoms in total. The van der Waals surface area contributed by atoms with E-state index in [4.69, 9.17) is 0 Å². The van der Waals surface area contributed by atoms with Crippen molar-refractivity contribution in [1.29, 1.82) is 0 Å². The Bertz CT molecular complexity index is 450. The predicted octanol–water partition coefficient (Wildman–Crippen LogP) is 3.34. The predicted molar refractivity (Wildman–Crippen MR) is 60.7 cm³/mol. The second kappa shape index (κ2) is 3.98. The lowest BCUT2D eigenvalue weighted by molar-refractivity contribution is 1.40. The van der Waals surface area contributed by atoms with Crippen LogP contribution in [0.4, 0.5) is 0 Å². The van der Waals surface area contributed by atoms with E-state index in [0.717, 1.165) is 6.42 Å². The van der Waals surface area contributed by atoms with Gasteiger partial charge < -0.3 is 0 Å². The van der Waals surface area contributed by atoms with E-state index in [0.29, 0.717) is 0 Å². The normalized spacial score (nSPS) is 13.9. The highest BCUT2D eigenvalue weighted by molar-refractivity contribution is 5.77. The van der Waals surface area contributed by atoms with Crippen LogP contribution in [0.15, 0.2) is 42.5 Å². The van der Waals surface area contributed by atoms with Gasteiger partial charge >= 0.3 is 0 Å². The van der Waals surface area contributed by atoms with E-state index in [1.807, 2.05) is 6.08 Å². The molecule has 0 aliphatic heterocycles. The van der Waals surface area contributed by atoms with E-state index < -0.39 is 0 Å². The lowest BCUT2D eigenvalue weighted by Crippen LogP contribution is -1.85. The molecule has 0 N–H and O–H groups in total. The van der Waals surface area contributed by atoms with Crippen LogP contribution in [0.3, 0.4) is 0 Å². The molecule has 2 rings (SSSR count). The van der Waals surface area contributed by atoms with Crippen molar-refractivity contribution >= 4 is 5.57 Å². The van der Waals surface area contributed by atoms with Crippen molar-refractivity contribution in [2.45, 2.75) is 13.3 Å². The van der Waals surface area contributed by atoms with Crippen LogP contribution in [0.25, 0.3) is 5.57 Å². The van der Waals surface area contributed by atoms with Gasteiger partial charge in [0.25, 0.3) is 0 Å². The molecule has 0 amide bonds. The molecule has 0 radical (unpaired) electrons. The van der Waals surface area contributed by atoms with Crippen LogP contribution >= 0.6 is 0 Å². The molecule has 0 spiro atoms. The van der Waals surface area contributed by atoms with Gasteiger partial charge in [0.1, 0.15) is 0 Å². The third kappa shape index (κ3) is 1.78. The quantitative estimate of drug-likeness (QED) is 0.581. The number of aryl methyl sites for hydroxylation is 1. The largest absolute Gasteiger partial charge is 0.0943 e. The van der Waals surface area contributed by atoms with Gasteiger partial charge in [-0.2, -0.15) is 0 Å². The third-order valence-electron chi connectivity index (χ3n) is 2.33. The molecule has 0 aromatic heterocycles. The van der Waals surface area contributed by atoms with Crippen molar-refractivity contribution in [2.75, 3.05) is 0 Å². The Morgan fingerprint density at radius 1 is 1.21 bits per heavy atom. The van der Waals surface area contributed by atoms with E-state index in [1.165, 1.54) is 16.7 Å². The molecule has 0 heterocycles. The second-order valence-electron chi connectivity index (χ2n) is 3.33. The fourth-order valence-electron chi connectivity index (χ4n) is 1.57. The molecule has 0 fully saturated rings. The summed E-state index contributed by atoms with van der Waals surface area (Å²) < 4.78 is 0. The van der Waals surface area contributed by atoms with Crippen LogP contribution < -0.4 is 0 Å². The van der Waals surface area contributed by atoms with Crippen LogP contribution in [-0.2, 0) is 0 Å². The molecular weight excluding hydrogens is 168 g/mol. The minimum atomic E-state index is 0.844. The summed E-state index contributed by atoms with van der Waals surface area (Å²) in [7, 11) is 0. The molecule has 0 atom stereocenters. The Balaban J connectivity index is 2.41. The van der Waals surface area contributed by atoms with Gasteiger partial charge in [-0.1, -0.05) is 42.2 Å². The molecule has 1 aromatic carbocycles. The monoisotopic (exact) mass is 180 g/mol. The summed E-state index contributed by atoms with van der Waals surface area (Å²) in [6.07, 6.45) is 7.03. The first-order valence-corrected chi connectivity index (χ1v) is 4.79. The fraction of sp³-hybridized carbons (Fsp3) is 0.143. The lowest BCUT2D eigenvalue weighted by Gasteiger charge is -2.05. The van der Waals surface area contributed by atoms with Gasteiger partial charge in [-0.25, -0.2) is 0 Å². The molecular formula is C14H12. The summed E-state index contributed by atoms with van der Waals surface area (Å²) >= 11 is 0. The Hall–Kier alpha value is -1.74. The highest BCUT2D eigenvalue weighted by Gasteiger charge is 2.00. The van der Waals surface area contributed by atoms with Crippen LogP contribution in [0.2, 0.25) is 0 Å². The standard InChI is InChI=1S/C14H12/c1-12-8-6-7-11-14(12)13-9-4-2-3-5-10-13/h4,6-11H,5H2,1H3. The second-order valence-corrected chi connectivity index (χ2v) is 3.33. The molecule has 0 saturated carbocycles. The summed E-state index contributed by atoms with van der Waals surface area (Å²) in [5, 5.41) is 0. The molecule has 1 aliphatic carbocycles. The smallest absolute Gasteiger partial charge is 0.0282 e. The van der Waals surface area contributed by atoms with E-state index >= 15 is 0 Å². The average Bonchev–Trinajstić information content (AvgIpc) is 2.47. The van der Waals surface area contributed by atoms with Crippen LogP contribution in [0.1, 0.15) is 17.5 Å². The zero-order valence-corrected chi connectivity index (χ0v) is 8.25. The summed E-state index contributed by atoms with van der Waals surface area (Å²) in [6.45, 7) is 2.13. The van der Waals surface area contributed by atoms with E-state index in [2.05, 4.69) is 55.2 Å². The number of hydrogen-bond donors (Lipinski definition) is 0. The average molecular weight is 180 g/mol. The first-order chi connectivity index (χ1) is 6.88. The number of allylic oxidation sites excluding steroid dienone is 4. The van der Waals surface area contributed by atoms with Crippen molar-refractivity contribution in [3.8, 4) is 11.8 Å². The minimum absolute atomic E-state index is 0.844. The van der Waals surface area contributed by atoms with E-state index in [1.54, 1.807) is 0 Å². The van der Waals surface area contributed by atoms with Crippen molar-refractivity contribution in [3.05, 3.63) is 53.6 Å². The van der Waals surface area contributed by atoms with Crippen LogP contribution in [0, 0.1) is 18.8 Å². The maximum Gasteiger partial charge on any atom is 0.0282 e. The Labute approximate surface area is 85.0 Å². The van der Waals surface area contributed by atoms with Gasteiger partial charge in [-0.15, -0.1) is 0 Å². The topological polar surface area (TPSA) is 0 Å². The van der Waals surface area contributed by atoms with Crippen molar-refractivity contribution in [1.82, 2.24) is 0 Å². The summed E-state index contributed by atoms with van der Waals surface area (Å²) in [6, 6.07) is 8.42. The highest BCUT2D eigenvalue weighted by atomic mass is 14.0. The SMILES string of the molecule is Cc1ccccc1C1=CCC#CC=C1. The first-order valence-electron chi connectivity index (χ1n) is 4.79. The summed E-state index contributed by atoms with van der Waals surface area (Å²) in [5.74, 6) is 6.04.